The van der Waals surface area contributed by atoms with E-state index in [1.165, 1.54) is 24.4 Å². The molecule has 5 N–H and O–H groups in total. The number of halogens is 2. The van der Waals surface area contributed by atoms with Gasteiger partial charge in [-0.3, -0.25) is 4.79 Å². The Hall–Kier alpha value is -2.08. The number of sulfonamides is 1. The zero-order chi connectivity index (χ0) is 24.0. The number of nitrogens with zero attached hydrogens (tertiary/aromatic N) is 1. The molecule has 1 heterocycles. The molecule has 11 heteroatoms. The fraction of sp³-hybridized carbons (Fsp3) is 0.455. The Kier molecular flexibility index (Phi) is 8.80. The minimum atomic E-state index is -3.74. The van der Waals surface area contributed by atoms with Gasteiger partial charge in [-0.25, -0.2) is 22.5 Å². The third kappa shape index (κ3) is 6.95. The molecule has 8 nitrogen and oxygen atoms in total. The summed E-state index contributed by atoms with van der Waals surface area (Å²) in [6, 6.07) is 7.07. The van der Waals surface area contributed by atoms with Crippen molar-refractivity contribution in [3.05, 3.63) is 52.4 Å². The molecule has 0 bridgehead atoms. The van der Waals surface area contributed by atoms with Crippen molar-refractivity contribution < 1.29 is 17.6 Å². The molecule has 1 aliphatic rings. The summed E-state index contributed by atoms with van der Waals surface area (Å²) >= 11 is 3.34. The van der Waals surface area contributed by atoms with Crippen LogP contribution in [0.3, 0.4) is 0 Å². The van der Waals surface area contributed by atoms with Crippen molar-refractivity contribution in [1.82, 2.24) is 15.0 Å². The van der Waals surface area contributed by atoms with Gasteiger partial charge in [-0.2, -0.15) is 0 Å². The van der Waals surface area contributed by atoms with Crippen molar-refractivity contribution >= 4 is 37.7 Å². The van der Waals surface area contributed by atoms with Crippen LogP contribution in [0.1, 0.15) is 44.2 Å². The number of aromatic nitrogens is 1. The molecule has 2 aromatic rings. The van der Waals surface area contributed by atoms with E-state index in [0.29, 0.717) is 49.1 Å². The summed E-state index contributed by atoms with van der Waals surface area (Å²) in [6.45, 7) is 2.81. The molecule has 1 aromatic carbocycles. The van der Waals surface area contributed by atoms with E-state index in [1.54, 1.807) is 12.1 Å². The van der Waals surface area contributed by atoms with Gasteiger partial charge in [0.1, 0.15) is 16.5 Å². The first-order chi connectivity index (χ1) is 15.7. The summed E-state index contributed by atoms with van der Waals surface area (Å²) in [5, 5.41) is 5.98. The van der Waals surface area contributed by atoms with E-state index in [4.69, 9.17) is 5.73 Å². The maximum atomic E-state index is 13.1. The molecule has 3 rings (SSSR count). The summed E-state index contributed by atoms with van der Waals surface area (Å²) in [5.74, 6) is -0.0413. The van der Waals surface area contributed by atoms with Crippen molar-refractivity contribution in [2.24, 2.45) is 11.7 Å². The van der Waals surface area contributed by atoms with Crippen LogP contribution in [0.15, 0.2) is 45.9 Å². The number of hydrogen-bond acceptors (Lipinski definition) is 6. The fourth-order valence-corrected chi connectivity index (χ4v) is 5.73. The van der Waals surface area contributed by atoms with Gasteiger partial charge in [0.05, 0.1) is 10.5 Å². The number of nitrogens with two attached hydrogens (primary N) is 1. The van der Waals surface area contributed by atoms with E-state index in [9.17, 15) is 17.6 Å². The van der Waals surface area contributed by atoms with E-state index in [0.717, 1.165) is 5.56 Å². The number of pyridine rings is 1. The highest BCUT2D eigenvalue weighted by Crippen LogP contribution is 2.28. The highest BCUT2D eigenvalue weighted by Gasteiger charge is 2.30. The number of carbonyl (C=O) groups excluding carboxylic acids is 1. The van der Waals surface area contributed by atoms with Gasteiger partial charge in [0.25, 0.3) is 0 Å². The van der Waals surface area contributed by atoms with Crippen LogP contribution in [0, 0.1) is 11.7 Å². The summed E-state index contributed by atoms with van der Waals surface area (Å²) in [5.41, 5.74) is 6.29. The highest BCUT2D eigenvalue weighted by atomic mass is 79.9. The predicted molar refractivity (Wildman–Crippen MR) is 129 cm³/mol. The summed E-state index contributed by atoms with van der Waals surface area (Å²) in [4.78, 5) is 16.9. The minimum Gasteiger partial charge on any atom is -0.368 e. The van der Waals surface area contributed by atoms with Crippen LogP contribution in [0.2, 0.25) is 0 Å². The lowest BCUT2D eigenvalue weighted by atomic mass is 9.85. The maximum absolute atomic E-state index is 13.1. The number of amides is 1. The van der Waals surface area contributed by atoms with Gasteiger partial charge in [0, 0.05) is 31.2 Å². The second kappa shape index (κ2) is 11.4. The van der Waals surface area contributed by atoms with Crippen molar-refractivity contribution in [2.75, 3.05) is 18.4 Å². The van der Waals surface area contributed by atoms with Crippen LogP contribution in [-0.4, -0.2) is 38.4 Å². The Bertz CT molecular complexity index is 1060. The van der Waals surface area contributed by atoms with Crippen LogP contribution in [0.5, 0.6) is 0 Å². The van der Waals surface area contributed by atoms with Gasteiger partial charge in [0.15, 0.2) is 0 Å². The quantitative estimate of drug-likeness (QED) is 0.386. The lowest BCUT2D eigenvalue weighted by Gasteiger charge is -2.29. The smallest absolute Gasteiger partial charge is 0.242 e. The van der Waals surface area contributed by atoms with E-state index < -0.39 is 10.0 Å². The van der Waals surface area contributed by atoms with Gasteiger partial charge in [-0.15, -0.1) is 0 Å². The number of rotatable bonds is 9. The number of anilines is 1. The van der Waals surface area contributed by atoms with E-state index in [1.807, 2.05) is 6.92 Å². The molecular weight excluding hydrogens is 513 g/mol. The number of benzene rings is 1. The zero-order valence-corrected chi connectivity index (χ0v) is 20.8. The number of hydrogen-bond donors (Lipinski definition) is 4. The van der Waals surface area contributed by atoms with Crippen LogP contribution < -0.4 is 21.1 Å². The van der Waals surface area contributed by atoms with Crippen LogP contribution in [0.25, 0.3) is 0 Å². The SMILES string of the molecule is C[C@@H](NC(=O)C1CCC(NS(=O)(=O)c2cnc(NCCN)c(Br)c2)CC1)c1ccc(F)cc1. The molecule has 180 valence electrons. The standard InChI is InChI=1S/C22H29BrFN5O3S/c1-14(15-2-6-17(24)7-3-15)28-22(30)16-4-8-18(9-5-16)29-33(31,32)19-12-20(23)21(27-13-19)26-11-10-25/h2-3,6-7,12-14,16,18,29H,4-5,8-11,25H2,1H3,(H,26,27)(H,28,30)/t14-,16?,18?/m1/s1. The molecular formula is C22H29BrFN5O3S. The first kappa shape index (κ1) is 25.5. The Morgan fingerprint density at radius 3 is 2.52 bits per heavy atom. The normalized spacial score (nSPS) is 19.6. The van der Waals surface area contributed by atoms with Crippen molar-refractivity contribution in [3.8, 4) is 0 Å². The molecule has 1 amide bonds. The average molecular weight is 542 g/mol. The molecule has 0 spiro atoms. The first-order valence-electron chi connectivity index (χ1n) is 10.9. The molecule has 0 radical (unpaired) electrons. The number of carbonyl (C=O) groups is 1. The zero-order valence-electron chi connectivity index (χ0n) is 18.4. The Labute approximate surface area is 202 Å². The molecule has 1 aliphatic carbocycles. The summed E-state index contributed by atoms with van der Waals surface area (Å²) in [6.07, 6.45) is 3.60. The Morgan fingerprint density at radius 2 is 1.91 bits per heavy atom. The molecule has 0 saturated heterocycles. The molecule has 0 aliphatic heterocycles. The van der Waals surface area contributed by atoms with Crippen molar-refractivity contribution in [2.45, 2.75) is 49.6 Å². The lowest BCUT2D eigenvalue weighted by Crippen LogP contribution is -2.41. The topological polar surface area (TPSA) is 126 Å². The fourth-order valence-electron chi connectivity index (χ4n) is 3.81. The van der Waals surface area contributed by atoms with Gasteiger partial charge in [-0.1, -0.05) is 12.1 Å². The molecule has 1 fully saturated rings. The third-order valence-corrected chi connectivity index (χ3v) is 7.80. The highest BCUT2D eigenvalue weighted by molar-refractivity contribution is 9.10. The van der Waals surface area contributed by atoms with Crippen molar-refractivity contribution in [3.63, 3.8) is 0 Å². The Balaban J connectivity index is 1.52. The van der Waals surface area contributed by atoms with Crippen molar-refractivity contribution in [1.29, 1.82) is 0 Å². The number of nitrogens with one attached hydrogen (secondary N) is 3. The van der Waals surface area contributed by atoms with Crippen LogP contribution in [-0.2, 0) is 14.8 Å². The average Bonchev–Trinajstić information content (AvgIpc) is 2.78. The van der Waals surface area contributed by atoms with Crippen LogP contribution >= 0.6 is 15.9 Å². The summed E-state index contributed by atoms with van der Waals surface area (Å²) in [7, 11) is -3.74. The molecule has 0 unspecified atom stereocenters. The summed E-state index contributed by atoms with van der Waals surface area (Å²) < 4.78 is 42.0. The molecule has 1 saturated carbocycles. The van der Waals surface area contributed by atoms with Gasteiger partial charge >= 0.3 is 0 Å². The molecule has 1 atom stereocenters. The third-order valence-electron chi connectivity index (χ3n) is 5.71. The first-order valence-corrected chi connectivity index (χ1v) is 13.1. The van der Waals surface area contributed by atoms with Gasteiger partial charge in [0.2, 0.25) is 15.9 Å². The lowest BCUT2D eigenvalue weighted by molar-refractivity contribution is -0.126. The predicted octanol–water partition coefficient (Wildman–Crippen LogP) is 3.07. The maximum Gasteiger partial charge on any atom is 0.242 e. The van der Waals surface area contributed by atoms with E-state index in [2.05, 4.69) is 36.3 Å². The minimum absolute atomic E-state index is 0.0677. The largest absolute Gasteiger partial charge is 0.368 e. The Morgan fingerprint density at radius 1 is 1.24 bits per heavy atom. The van der Waals surface area contributed by atoms with Gasteiger partial charge < -0.3 is 16.4 Å². The monoisotopic (exact) mass is 541 g/mol. The van der Waals surface area contributed by atoms with E-state index >= 15 is 0 Å². The molecule has 33 heavy (non-hydrogen) atoms. The van der Waals surface area contributed by atoms with Gasteiger partial charge in [-0.05, 0) is 72.3 Å². The molecule has 1 aromatic heterocycles. The van der Waals surface area contributed by atoms with Crippen LogP contribution in [0.4, 0.5) is 10.2 Å². The second-order valence-corrected chi connectivity index (χ2v) is 10.7. The second-order valence-electron chi connectivity index (χ2n) is 8.17. The van der Waals surface area contributed by atoms with E-state index in [-0.39, 0.29) is 34.6 Å².